The van der Waals surface area contributed by atoms with Gasteiger partial charge in [0.1, 0.15) is 5.82 Å². The maximum Gasteiger partial charge on any atom is 0.224 e. The third-order valence-electron chi connectivity index (χ3n) is 2.68. The summed E-state index contributed by atoms with van der Waals surface area (Å²) in [5, 5.41) is 9.34. The van der Waals surface area contributed by atoms with Gasteiger partial charge < -0.3 is 10.0 Å². The largest absolute Gasteiger partial charge is 0.396 e. The van der Waals surface area contributed by atoms with E-state index in [1.165, 1.54) is 0 Å². The van der Waals surface area contributed by atoms with Crippen molar-refractivity contribution >= 4 is 17.4 Å². The fraction of sp³-hybridized carbons (Fsp3) is 0.600. The summed E-state index contributed by atoms with van der Waals surface area (Å²) in [4.78, 5) is 10.3. The summed E-state index contributed by atoms with van der Waals surface area (Å²) in [6, 6.07) is 1.92. The minimum absolute atomic E-state index is 0.244. The van der Waals surface area contributed by atoms with E-state index in [1.807, 2.05) is 13.0 Å². The number of hydrogen-bond acceptors (Lipinski definition) is 4. The van der Waals surface area contributed by atoms with Gasteiger partial charge in [-0.3, -0.25) is 0 Å². The Bertz CT molecular complexity index is 338. The van der Waals surface area contributed by atoms with Crippen LogP contribution in [0.25, 0.3) is 0 Å². The third kappa shape index (κ3) is 2.38. The Hall–Kier alpha value is -0.870. The number of hydrogen-bond donors (Lipinski definition) is 1. The fourth-order valence-electron chi connectivity index (χ4n) is 1.87. The standard InChI is InChI=1S/C10H14ClN3O/c1-7-4-9(13-10(11)12-7)14-3-2-8(5-14)6-15/h4,8,15H,2-3,5-6H2,1H3/t8-/m1/s1. The second-order valence-electron chi connectivity index (χ2n) is 3.92. The summed E-state index contributed by atoms with van der Waals surface area (Å²) in [5.41, 5.74) is 0.873. The summed E-state index contributed by atoms with van der Waals surface area (Å²) in [6.45, 7) is 3.92. The molecule has 0 aromatic carbocycles. The van der Waals surface area contributed by atoms with Crippen molar-refractivity contribution in [2.75, 3.05) is 24.6 Å². The van der Waals surface area contributed by atoms with Crippen LogP contribution in [0.2, 0.25) is 5.28 Å². The molecule has 1 atom stereocenters. The minimum atomic E-state index is 0.244. The predicted octanol–water partition coefficient (Wildman–Crippen LogP) is 1.26. The van der Waals surface area contributed by atoms with E-state index in [0.717, 1.165) is 31.0 Å². The van der Waals surface area contributed by atoms with Gasteiger partial charge >= 0.3 is 0 Å². The summed E-state index contributed by atoms with van der Waals surface area (Å²) < 4.78 is 0. The normalized spacial score (nSPS) is 21.0. The highest BCUT2D eigenvalue weighted by molar-refractivity contribution is 6.28. The second kappa shape index (κ2) is 4.33. The molecule has 2 heterocycles. The number of aliphatic hydroxyl groups excluding tert-OH is 1. The Balaban J connectivity index is 2.16. The average Bonchev–Trinajstić information content (AvgIpc) is 2.64. The van der Waals surface area contributed by atoms with Crippen LogP contribution in [0.1, 0.15) is 12.1 Å². The van der Waals surface area contributed by atoms with Crippen LogP contribution in [-0.2, 0) is 0 Å². The number of rotatable bonds is 2. The van der Waals surface area contributed by atoms with Crippen LogP contribution in [0.3, 0.4) is 0 Å². The van der Waals surface area contributed by atoms with Crippen molar-refractivity contribution in [2.24, 2.45) is 5.92 Å². The smallest absolute Gasteiger partial charge is 0.224 e. The highest BCUT2D eigenvalue weighted by Gasteiger charge is 2.23. The Morgan fingerprint density at radius 1 is 1.60 bits per heavy atom. The van der Waals surface area contributed by atoms with E-state index in [4.69, 9.17) is 16.7 Å². The molecule has 1 fully saturated rings. The van der Waals surface area contributed by atoms with E-state index >= 15 is 0 Å². The maximum absolute atomic E-state index is 9.05. The summed E-state index contributed by atoms with van der Waals surface area (Å²) in [7, 11) is 0. The van der Waals surface area contributed by atoms with E-state index in [9.17, 15) is 0 Å². The zero-order valence-corrected chi connectivity index (χ0v) is 9.41. The number of aromatic nitrogens is 2. The summed E-state index contributed by atoms with van der Waals surface area (Å²) in [6.07, 6.45) is 1.01. The number of aryl methyl sites for hydroxylation is 1. The first-order valence-corrected chi connectivity index (χ1v) is 5.44. The van der Waals surface area contributed by atoms with Crippen molar-refractivity contribution in [1.29, 1.82) is 0 Å². The van der Waals surface area contributed by atoms with Gasteiger partial charge in [-0.05, 0) is 24.9 Å². The van der Waals surface area contributed by atoms with Gasteiger partial charge in [0.25, 0.3) is 0 Å². The van der Waals surface area contributed by atoms with Gasteiger partial charge in [0.05, 0.1) is 0 Å². The molecule has 5 heteroatoms. The van der Waals surface area contributed by atoms with Crippen LogP contribution < -0.4 is 4.90 Å². The monoisotopic (exact) mass is 227 g/mol. The molecule has 0 amide bonds. The molecule has 1 aliphatic rings. The Morgan fingerprint density at radius 2 is 2.40 bits per heavy atom. The Morgan fingerprint density at radius 3 is 3.00 bits per heavy atom. The van der Waals surface area contributed by atoms with Crippen LogP contribution >= 0.6 is 11.6 Å². The average molecular weight is 228 g/mol. The molecule has 0 spiro atoms. The van der Waals surface area contributed by atoms with Crippen molar-refractivity contribution in [3.05, 3.63) is 17.0 Å². The molecule has 4 nitrogen and oxygen atoms in total. The Labute approximate surface area is 93.9 Å². The van der Waals surface area contributed by atoms with Gasteiger partial charge in [-0.25, -0.2) is 9.97 Å². The van der Waals surface area contributed by atoms with Gasteiger partial charge in [-0.1, -0.05) is 0 Å². The van der Waals surface area contributed by atoms with Crippen LogP contribution in [0, 0.1) is 12.8 Å². The van der Waals surface area contributed by atoms with E-state index in [2.05, 4.69) is 14.9 Å². The molecule has 1 N–H and O–H groups in total. The van der Waals surface area contributed by atoms with E-state index in [-0.39, 0.29) is 11.9 Å². The molecule has 0 bridgehead atoms. The molecule has 0 radical (unpaired) electrons. The first-order valence-electron chi connectivity index (χ1n) is 5.06. The fourth-order valence-corrected chi connectivity index (χ4v) is 2.09. The van der Waals surface area contributed by atoms with Gasteiger partial charge in [0.15, 0.2) is 0 Å². The van der Waals surface area contributed by atoms with E-state index < -0.39 is 0 Å². The molecule has 1 aliphatic heterocycles. The zero-order chi connectivity index (χ0) is 10.8. The molecule has 15 heavy (non-hydrogen) atoms. The minimum Gasteiger partial charge on any atom is -0.396 e. The van der Waals surface area contributed by atoms with E-state index in [0.29, 0.717) is 5.92 Å². The summed E-state index contributed by atoms with van der Waals surface area (Å²) in [5.74, 6) is 1.22. The van der Waals surface area contributed by atoms with Crippen molar-refractivity contribution in [3.63, 3.8) is 0 Å². The van der Waals surface area contributed by atoms with Crippen LogP contribution in [-0.4, -0.2) is 34.8 Å². The van der Waals surface area contributed by atoms with Crippen molar-refractivity contribution < 1.29 is 5.11 Å². The SMILES string of the molecule is Cc1cc(N2CC[C@@H](CO)C2)nc(Cl)n1. The molecule has 1 saturated heterocycles. The first kappa shape index (κ1) is 10.6. The van der Waals surface area contributed by atoms with Gasteiger partial charge in [0.2, 0.25) is 5.28 Å². The van der Waals surface area contributed by atoms with Crippen LogP contribution in [0.4, 0.5) is 5.82 Å². The lowest BCUT2D eigenvalue weighted by molar-refractivity contribution is 0.238. The summed E-state index contributed by atoms with van der Waals surface area (Å²) >= 11 is 5.80. The molecule has 0 aliphatic carbocycles. The maximum atomic E-state index is 9.05. The highest BCUT2D eigenvalue weighted by atomic mass is 35.5. The molecule has 0 saturated carbocycles. The molecule has 0 unspecified atom stereocenters. The molecule has 1 aromatic heterocycles. The predicted molar refractivity (Wildman–Crippen MR) is 59.2 cm³/mol. The lowest BCUT2D eigenvalue weighted by Crippen LogP contribution is -2.22. The highest BCUT2D eigenvalue weighted by Crippen LogP contribution is 2.23. The van der Waals surface area contributed by atoms with Crippen molar-refractivity contribution in [1.82, 2.24) is 9.97 Å². The Kier molecular flexibility index (Phi) is 3.07. The number of anilines is 1. The lowest BCUT2D eigenvalue weighted by Gasteiger charge is -2.17. The van der Waals surface area contributed by atoms with Gasteiger partial charge in [0, 0.05) is 37.4 Å². The third-order valence-corrected chi connectivity index (χ3v) is 2.85. The molecule has 82 valence electrons. The zero-order valence-electron chi connectivity index (χ0n) is 8.65. The van der Waals surface area contributed by atoms with E-state index in [1.54, 1.807) is 0 Å². The van der Waals surface area contributed by atoms with Crippen molar-refractivity contribution in [3.8, 4) is 0 Å². The lowest BCUT2D eigenvalue weighted by atomic mass is 10.1. The topological polar surface area (TPSA) is 49.2 Å². The second-order valence-corrected chi connectivity index (χ2v) is 4.26. The van der Waals surface area contributed by atoms with Gasteiger partial charge in [-0.15, -0.1) is 0 Å². The number of nitrogens with zero attached hydrogens (tertiary/aromatic N) is 3. The van der Waals surface area contributed by atoms with Crippen LogP contribution in [0.5, 0.6) is 0 Å². The molecule has 2 rings (SSSR count). The number of halogens is 1. The molecular formula is C10H14ClN3O. The first-order chi connectivity index (χ1) is 7.19. The van der Waals surface area contributed by atoms with Crippen molar-refractivity contribution in [2.45, 2.75) is 13.3 Å². The number of aliphatic hydroxyl groups is 1. The van der Waals surface area contributed by atoms with Crippen LogP contribution in [0.15, 0.2) is 6.07 Å². The van der Waals surface area contributed by atoms with Gasteiger partial charge in [-0.2, -0.15) is 0 Å². The quantitative estimate of drug-likeness (QED) is 0.773. The molecule has 1 aromatic rings. The molecular weight excluding hydrogens is 214 g/mol.